The number of hydrogen-bond donors (Lipinski definition) is 1. The third-order valence-electron chi connectivity index (χ3n) is 7.39. The maximum atomic E-state index is 13.4. The number of benzene rings is 1. The highest BCUT2D eigenvalue weighted by Gasteiger charge is 2.32. The molecule has 0 unspecified atom stereocenters. The second-order valence-corrected chi connectivity index (χ2v) is 13.9. The second-order valence-electron chi connectivity index (χ2n) is 11.6. The Balaban J connectivity index is 1.33. The van der Waals surface area contributed by atoms with Crippen LogP contribution in [0.4, 0.5) is 16.4 Å². The van der Waals surface area contributed by atoms with Gasteiger partial charge in [0.15, 0.2) is 0 Å². The summed E-state index contributed by atoms with van der Waals surface area (Å²) in [5.41, 5.74) is 0.975. The number of carbonyl (C=O) groups is 1. The highest BCUT2D eigenvalue weighted by Crippen LogP contribution is 2.32. The van der Waals surface area contributed by atoms with Crippen LogP contribution in [0.25, 0.3) is 11.0 Å². The zero-order valence-corrected chi connectivity index (χ0v) is 25.3. The fraction of sp³-hybridized carbons (Fsp3) is 0.500. The number of halogens is 1. The first-order chi connectivity index (χ1) is 19.3. The molecule has 2 aliphatic rings. The normalized spacial score (nSPS) is 17.2. The molecule has 1 saturated carbocycles. The van der Waals surface area contributed by atoms with Gasteiger partial charge in [0.2, 0.25) is 16.0 Å². The molecule has 3 aromatic rings. The molecule has 0 atom stereocenters. The summed E-state index contributed by atoms with van der Waals surface area (Å²) in [5, 5.41) is 4.00. The van der Waals surface area contributed by atoms with Crippen molar-refractivity contribution in [1.82, 2.24) is 23.7 Å². The minimum absolute atomic E-state index is 0.0451. The Labute approximate surface area is 244 Å². The van der Waals surface area contributed by atoms with Crippen LogP contribution in [-0.4, -0.2) is 70.0 Å². The van der Waals surface area contributed by atoms with Crippen LogP contribution in [0.2, 0.25) is 5.02 Å². The Kier molecular flexibility index (Phi) is 8.01. The number of hydrogen-bond acceptors (Lipinski definition) is 8. The summed E-state index contributed by atoms with van der Waals surface area (Å²) in [6.45, 7) is 8.05. The summed E-state index contributed by atoms with van der Waals surface area (Å²) in [7, 11) is -3.77. The van der Waals surface area contributed by atoms with Gasteiger partial charge in [-0.05, 0) is 70.4 Å². The zero-order chi connectivity index (χ0) is 29.5. The molecule has 220 valence electrons. The quantitative estimate of drug-likeness (QED) is 0.439. The lowest BCUT2D eigenvalue weighted by atomic mass is 10.2. The number of sulfonamides is 1. The van der Waals surface area contributed by atoms with E-state index in [0.29, 0.717) is 28.2 Å². The number of rotatable bonds is 5. The van der Waals surface area contributed by atoms with Gasteiger partial charge in [-0.25, -0.2) is 18.2 Å². The Hall–Kier alpha value is -3.22. The Bertz CT molecular complexity index is 1640. The zero-order valence-electron chi connectivity index (χ0n) is 23.7. The molecule has 5 rings (SSSR count). The van der Waals surface area contributed by atoms with E-state index in [2.05, 4.69) is 15.3 Å². The third kappa shape index (κ3) is 6.19. The molecule has 1 aliphatic carbocycles. The largest absolute Gasteiger partial charge is 0.444 e. The fourth-order valence-electron chi connectivity index (χ4n) is 5.29. The van der Waals surface area contributed by atoms with Crippen LogP contribution in [0, 0.1) is 6.92 Å². The van der Waals surface area contributed by atoms with E-state index in [4.69, 9.17) is 16.3 Å². The molecule has 2 fully saturated rings. The van der Waals surface area contributed by atoms with E-state index < -0.39 is 21.7 Å². The van der Waals surface area contributed by atoms with Crippen LogP contribution >= 0.6 is 11.6 Å². The minimum Gasteiger partial charge on any atom is -0.444 e. The predicted octanol–water partition coefficient (Wildman–Crippen LogP) is 4.85. The molecule has 1 saturated heterocycles. The summed E-state index contributed by atoms with van der Waals surface area (Å²) >= 11 is 6.23. The highest BCUT2D eigenvalue weighted by atomic mass is 35.5. The fourth-order valence-corrected chi connectivity index (χ4v) is 7.01. The first kappa shape index (κ1) is 29.3. The van der Waals surface area contributed by atoms with Gasteiger partial charge in [0, 0.05) is 49.5 Å². The van der Waals surface area contributed by atoms with Gasteiger partial charge in [-0.2, -0.15) is 9.29 Å². The lowest BCUT2D eigenvalue weighted by Crippen LogP contribution is -2.51. The van der Waals surface area contributed by atoms with E-state index in [1.54, 1.807) is 62.7 Å². The van der Waals surface area contributed by atoms with Crippen molar-refractivity contribution in [2.75, 3.05) is 31.5 Å². The van der Waals surface area contributed by atoms with Crippen molar-refractivity contribution in [2.24, 2.45) is 0 Å². The molecule has 1 aromatic carbocycles. The van der Waals surface area contributed by atoms with E-state index in [1.807, 2.05) is 0 Å². The molecular formula is C28H35ClN6O5S. The van der Waals surface area contributed by atoms with Crippen molar-refractivity contribution < 1.29 is 17.9 Å². The van der Waals surface area contributed by atoms with E-state index >= 15 is 0 Å². The first-order valence-electron chi connectivity index (χ1n) is 13.8. The van der Waals surface area contributed by atoms with Gasteiger partial charge in [-0.1, -0.05) is 24.4 Å². The molecule has 2 aromatic heterocycles. The number of aromatic nitrogens is 3. The molecule has 13 heteroatoms. The molecule has 0 radical (unpaired) electrons. The number of anilines is 2. The first-order valence-corrected chi connectivity index (χ1v) is 15.6. The van der Waals surface area contributed by atoms with Crippen LogP contribution in [0.3, 0.4) is 0 Å². The van der Waals surface area contributed by atoms with Crippen LogP contribution in [0.15, 0.2) is 40.2 Å². The van der Waals surface area contributed by atoms with Gasteiger partial charge >= 0.3 is 6.09 Å². The van der Waals surface area contributed by atoms with Crippen LogP contribution in [0.5, 0.6) is 0 Å². The molecular weight excluding hydrogens is 568 g/mol. The van der Waals surface area contributed by atoms with Gasteiger partial charge in [-0.3, -0.25) is 9.36 Å². The number of piperazine rings is 1. The van der Waals surface area contributed by atoms with Crippen LogP contribution in [0.1, 0.15) is 58.1 Å². The third-order valence-corrected chi connectivity index (χ3v) is 9.56. The summed E-state index contributed by atoms with van der Waals surface area (Å²) < 4.78 is 35.2. The Morgan fingerprint density at radius 3 is 2.41 bits per heavy atom. The lowest BCUT2D eigenvalue weighted by Gasteiger charge is -2.35. The number of nitrogens with one attached hydrogen (secondary N) is 1. The number of pyridine rings is 1. The van der Waals surface area contributed by atoms with E-state index in [9.17, 15) is 18.0 Å². The van der Waals surface area contributed by atoms with E-state index in [1.165, 1.54) is 9.21 Å². The maximum absolute atomic E-state index is 13.4. The topological polar surface area (TPSA) is 127 Å². The van der Waals surface area contributed by atoms with Crippen molar-refractivity contribution in [3.8, 4) is 0 Å². The molecule has 11 nitrogen and oxygen atoms in total. The number of ether oxygens (including phenoxy) is 1. The number of carbonyl (C=O) groups excluding carboxylic acids is 1. The van der Waals surface area contributed by atoms with Crippen molar-refractivity contribution in [3.05, 3.63) is 51.4 Å². The van der Waals surface area contributed by atoms with E-state index in [0.717, 1.165) is 25.7 Å². The standard InChI is InChI=1S/C28H35ClN6O5S/c1-18-15-21(41(38,39)34-13-11-33(12-14-34)27(37)40-28(2,3)4)9-10-23(18)31-26-30-17-19-16-22(29)25(36)35(24(19)32-26)20-7-5-6-8-20/h9-10,15-17,20H,5-8,11-14H2,1-4H3,(H,30,31,32). The van der Waals surface area contributed by atoms with Crippen LogP contribution in [-0.2, 0) is 14.8 Å². The van der Waals surface area contributed by atoms with Gasteiger partial charge in [-0.15, -0.1) is 0 Å². The maximum Gasteiger partial charge on any atom is 0.410 e. The second kappa shape index (κ2) is 11.2. The molecule has 3 heterocycles. The Morgan fingerprint density at radius 1 is 1.10 bits per heavy atom. The van der Waals surface area contributed by atoms with Crippen molar-refractivity contribution >= 4 is 50.4 Å². The van der Waals surface area contributed by atoms with Gasteiger partial charge in [0.25, 0.3) is 5.56 Å². The summed E-state index contributed by atoms with van der Waals surface area (Å²) in [5.74, 6) is 0.294. The number of amides is 1. The molecule has 0 bridgehead atoms. The molecule has 1 amide bonds. The number of nitrogens with zero attached hydrogens (tertiary/aromatic N) is 5. The molecule has 1 aliphatic heterocycles. The minimum atomic E-state index is -3.77. The smallest absolute Gasteiger partial charge is 0.410 e. The predicted molar refractivity (Wildman–Crippen MR) is 157 cm³/mol. The number of fused-ring (bicyclic) bond motifs is 1. The van der Waals surface area contributed by atoms with Crippen LogP contribution < -0.4 is 10.9 Å². The van der Waals surface area contributed by atoms with Gasteiger partial charge < -0.3 is 15.0 Å². The lowest BCUT2D eigenvalue weighted by molar-refractivity contribution is 0.0192. The molecule has 0 spiro atoms. The van der Waals surface area contributed by atoms with Crippen molar-refractivity contribution in [1.29, 1.82) is 0 Å². The summed E-state index contributed by atoms with van der Waals surface area (Å²) in [6, 6.07) is 6.46. The molecule has 1 N–H and O–H groups in total. The monoisotopic (exact) mass is 602 g/mol. The summed E-state index contributed by atoms with van der Waals surface area (Å²) in [4.78, 5) is 36.0. The summed E-state index contributed by atoms with van der Waals surface area (Å²) in [6.07, 6.45) is 5.08. The van der Waals surface area contributed by atoms with Gasteiger partial charge in [0.1, 0.15) is 16.3 Å². The average molecular weight is 603 g/mol. The Morgan fingerprint density at radius 2 is 1.78 bits per heavy atom. The average Bonchev–Trinajstić information content (AvgIpc) is 3.44. The van der Waals surface area contributed by atoms with E-state index in [-0.39, 0.29) is 47.7 Å². The van der Waals surface area contributed by atoms with Gasteiger partial charge in [0.05, 0.1) is 4.90 Å². The number of aryl methyl sites for hydroxylation is 1. The molecule has 41 heavy (non-hydrogen) atoms. The van der Waals surface area contributed by atoms with Crippen molar-refractivity contribution in [2.45, 2.75) is 69.9 Å². The highest BCUT2D eigenvalue weighted by molar-refractivity contribution is 7.89. The SMILES string of the molecule is Cc1cc(S(=O)(=O)N2CCN(C(=O)OC(C)(C)C)CC2)ccc1Nc1ncc2cc(Cl)c(=O)n(C3CCCC3)c2n1. The van der Waals surface area contributed by atoms with Crippen molar-refractivity contribution in [3.63, 3.8) is 0 Å².